The predicted octanol–water partition coefficient (Wildman–Crippen LogP) is 4.90. The first-order chi connectivity index (χ1) is 11.7. The molecule has 2 aromatic carbocycles. The van der Waals surface area contributed by atoms with E-state index >= 15 is 0 Å². The molecule has 0 radical (unpaired) electrons. The van der Waals surface area contributed by atoms with Crippen molar-refractivity contribution in [1.82, 2.24) is 4.90 Å². The van der Waals surface area contributed by atoms with Crippen LogP contribution in [-0.4, -0.2) is 29.0 Å². The molecular weight excluding hydrogens is 342 g/mol. The lowest BCUT2D eigenvalue weighted by Gasteiger charge is -2.13. The van der Waals surface area contributed by atoms with Gasteiger partial charge in [-0.15, -0.1) is 11.8 Å². The number of thioether (sulfide) groups is 1. The van der Waals surface area contributed by atoms with E-state index in [4.69, 9.17) is 11.6 Å². The molecule has 1 aliphatic rings. The van der Waals surface area contributed by atoms with Crippen molar-refractivity contribution in [2.75, 3.05) is 12.3 Å². The molecule has 1 aliphatic heterocycles. The van der Waals surface area contributed by atoms with Gasteiger partial charge in [0.25, 0.3) is 11.8 Å². The molecule has 0 saturated heterocycles. The number of imide groups is 1. The lowest BCUT2D eigenvalue weighted by atomic mass is 10.1. The second-order valence-electron chi connectivity index (χ2n) is 5.67. The molecule has 0 unspecified atom stereocenters. The van der Waals surface area contributed by atoms with Gasteiger partial charge in [0.1, 0.15) is 0 Å². The Morgan fingerprint density at radius 2 is 1.46 bits per heavy atom. The predicted molar refractivity (Wildman–Crippen MR) is 97.8 cm³/mol. The third-order valence-electron chi connectivity index (χ3n) is 3.99. The van der Waals surface area contributed by atoms with E-state index in [1.165, 1.54) is 9.80 Å². The van der Waals surface area contributed by atoms with Gasteiger partial charge in [-0.05, 0) is 55.0 Å². The van der Waals surface area contributed by atoms with Crippen LogP contribution in [0.2, 0.25) is 5.02 Å². The van der Waals surface area contributed by atoms with E-state index in [1.54, 1.807) is 36.0 Å². The Labute approximate surface area is 151 Å². The number of carbonyl (C=O) groups excluding carboxylic acids is 2. The molecule has 5 heteroatoms. The van der Waals surface area contributed by atoms with E-state index in [9.17, 15) is 9.59 Å². The van der Waals surface area contributed by atoms with E-state index < -0.39 is 0 Å². The molecule has 24 heavy (non-hydrogen) atoms. The first-order valence-corrected chi connectivity index (χ1v) is 9.37. The Bertz CT molecular complexity index is 710. The topological polar surface area (TPSA) is 37.4 Å². The number of hydrogen-bond donors (Lipinski definition) is 0. The molecule has 0 saturated carbocycles. The third kappa shape index (κ3) is 3.82. The number of unbranched alkanes of at least 4 members (excludes halogenated alkanes) is 2. The second-order valence-corrected chi connectivity index (χ2v) is 7.28. The minimum absolute atomic E-state index is 0.161. The molecule has 1 heterocycles. The maximum Gasteiger partial charge on any atom is 0.261 e. The minimum Gasteiger partial charge on any atom is -0.274 e. The Morgan fingerprint density at radius 1 is 0.833 bits per heavy atom. The summed E-state index contributed by atoms with van der Waals surface area (Å²) in [7, 11) is 0. The molecule has 0 fully saturated rings. The SMILES string of the molecule is O=C1c2ccccc2C(=O)N1CCCCCSc1ccc(Cl)cc1. The minimum atomic E-state index is -0.161. The van der Waals surface area contributed by atoms with Crippen molar-refractivity contribution in [1.29, 1.82) is 0 Å². The average molecular weight is 360 g/mol. The normalized spacial score (nSPS) is 13.5. The van der Waals surface area contributed by atoms with Gasteiger partial charge < -0.3 is 0 Å². The highest BCUT2D eigenvalue weighted by Crippen LogP contribution is 2.24. The van der Waals surface area contributed by atoms with E-state index in [1.807, 2.05) is 24.3 Å². The van der Waals surface area contributed by atoms with Crippen molar-refractivity contribution >= 4 is 35.2 Å². The van der Waals surface area contributed by atoms with Gasteiger partial charge >= 0.3 is 0 Å². The Balaban J connectivity index is 1.39. The first kappa shape index (κ1) is 17.1. The van der Waals surface area contributed by atoms with Crippen LogP contribution >= 0.6 is 23.4 Å². The molecular formula is C19H18ClNO2S. The van der Waals surface area contributed by atoms with Gasteiger partial charge in [0.2, 0.25) is 0 Å². The van der Waals surface area contributed by atoms with Crippen molar-refractivity contribution in [3.63, 3.8) is 0 Å². The third-order valence-corrected chi connectivity index (χ3v) is 5.34. The molecule has 3 nitrogen and oxygen atoms in total. The Kier molecular flexibility index (Phi) is 5.59. The molecule has 2 amide bonds. The fraction of sp³-hybridized carbons (Fsp3) is 0.263. The maximum atomic E-state index is 12.2. The first-order valence-electron chi connectivity index (χ1n) is 8.00. The summed E-state index contributed by atoms with van der Waals surface area (Å²) < 4.78 is 0. The van der Waals surface area contributed by atoms with Crippen LogP contribution in [0.3, 0.4) is 0 Å². The van der Waals surface area contributed by atoms with Crippen molar-refractivity contribution in [2.24, 2.45) is 0 Å². The summed E-state index contributed by atoms with van der Waals surface area (Å²) in [6.07, 6.45) is 2.89. The van der Waals surface area contributed by atoms with Crippen LogP contribution in [0.15, 0.2) is 53.4 Å². The summed E-state index contributed by atoms with van der Waals surface area (Å²) in [5, 5.41) is 0.750. The molecule has 3 rings (SSSR count). The lowest BCUT2D eigenvalue weighted by Crippen LogP contribution is -2.30. The number of nitrogens with zero attached hydrogens (tertiary/aromatic N) is 1. The van der Waals surface area contributed by atoms with Gasteiger partial charge in [-0.2, -0.15) is 0 Å². The highest BCUT2D eigenvalue weighted by molar-refractivity contribution is 7.99. The number of benzene rings is 2. The van der Waals surface area contributed by atoms with E-state index in [2.05, 4.69) is 0 Å². The highest BCUT2D eigenvalue weighted by Gasteiger charge is 2.34. The zero-order valence-electron chi connectivity index (χ0n) is 13.2. The van der Waals surface area contributed by atoms with E-state index in [0.29, 0.717) is 17.7 Å². The van der Waals surface area contributed by atoms with Gasteiger partial charge in [-0.1, -0.05) is 30.2 Å². The quantitative estimate of drug-likeness (QED) is 0.401. The summed E-state index contributed by atoms with van der Waals surface area (Å²) >= 11 is 7.66. The van der Waals surface area contributed by atoms with Crippen LogP contribution < -0.4 is 0 Å². The summed E-state index contributed by atoms with van der Waals surface area (Å²) in [6, 6.07) is 14.9. The van der Waals surface area contributed by atoms with Gasteiger partial charge in [-0.25, -0.2) is 0 Å². The zero-order valence-corrected chi connectivity index (χ0v) is 14.8. The van der Waals surface area contributed by atoms with Crippen LogP contribution in [-0.2, 0) is 0 Å². The number of hydrogen-bond acceptors (Lipinski definition) is 3. The van der Waals surface area contributed by atoms with Crippen molar-refractivity contribution in [3.05, 3.63) is 64.7 Å². The number of amides is 2. The fourth-order valence-corrected chi connectivity index (χ4v) is 3.75. The molecule has 2 aromatic rings. The van der Waals surface area contributed by atoms with Crippen LogP contribution in [0.1, 0.15) is 40.0 Å². The van der Waals surface area contributed by atoms with Gasteiger partial charge in [-0.3, -0.25) is 14.5 Å². The van der Waals surface area contributed by atoms with Crippen LogP contribution in [0.5, 0.6) is 0 Å². The van der Waals surface area contributed by atoms with Crippen molar-refractivity contribution < 1.29 is 9.59 Å². The summed E-state index contributed by atoms with van der Waals surface area (Å²) in [4.78, 5) is 27.0. The molecule has 0 N–H and O–H groups in total. The summed E-state index contributed by atoms with van der Waals surface area (Å²) in [5.41, 5.74) is 1.06. The monoisotopic (exact) mass is 359 g/mol. The van der Waals surface area contributed by atoms with Crippen LogP contribution in [0, 0.1) is 0 Å². The largest absolute Gasteiger partial charge is 0.274 e. The van der Waals surface area contributed by atoms with Crippen molar-refractivity contribution in [2.45, 2.75) is 24.2 Å². The maximum absolute atomic E-state index is 12.2. The highest BCUT2D eigenvalue weighted by atomic mass is 35.5. The average Bonchev–Trinajstić information content (AvgIpc) is 2.84. The lowest BCUT2D eigenvalue weighted by molar-refractivity contribution is 0.0651. The molecule has 0 atom stereocenters. The number of carbonyl (C=O) groups is 2. The molecule has 0 aliphatic carbocycles. The smallest absolute Gasteiger partial charge is 0.261 e. The Hall–Kier alpha value is -1.78. The van der Waals surface area contributed by atoms with Gasteiger partial charge in [0.15, 0.2) is 0 Å². The van der Waals surface area contributed by atoms with E-state index in [-0.39, 0.29) is 11.8 Å². The number of rotatable bonds is 7. The number of fused-ring (bicyclic) bond motifs is 1. The van der Waals surface area contributed by atoms with Gasteiger partial charge in [0, 0.05) is 16.5 Å². The standard InChI is InChI=1S/C19H18ClNO2S/c20-14-8-10-15(11-9-14)24-13-5-1-4-12-21-18(22)16-6-2-3-7-17(16)19(21)23/h2-3,6-11H,1,4-5,12-13H2. The summed E-state index contributed by atoms with van der Waals surface area (Å²) in [6.45, 7) is 0.498. The van der Waals surface area contributed by atoms with Crippen molar-refractivity contribution in [3.8, 4) is 0 Å². The molecule has 0 aromatic heterocycles. The molecule has 124 valence electrons. The van der Waals surface area contributed by atoms with Crippen LogP contribution in [0.25, 0.3) is 0 Å². The number of halogens is 1. The van der Waals surface area contributed by atoms with E-state index in [0.717, 1.165) is 30.0 Å². The fourth-order valence-electron chi connectivity index (χ4n) is 2.71. The van der Waals surface area contributed by atoms with Gasteiger partial charge in [0.05, 0.1) is 11.1 Å². The Morgan fingerprint density at radius 3 is 2.08 bits per heavy atom. The van der Waals surface area contributed by atoms with Crippen LogP contribution in [0.4, 0.5) is 0 Å². The summed E-state index contributed by atoms with van der Waals surface area (Å²) in [5.74, 6) is 0.696. The zero-order chi connectivity index (χ0) is 16.9. The second kappa shape index (κ2) is 7.86. The molecule has 0 bridgehead atoms. The molecule has 0 spiro atoms.